The highest BCUT2D eigenvalue weighted by atomic mass is 35.5. The number of pyridine rings is 2. The van der Waals surface area contributed by atoms with Crippen LogP contribution in [-0.2, 0) is 6.54 Å². The van der Waals surface area contributed by atoms with Crippen LogP contribution in [0.15, 0.2) is 47.4 Å². The molecule has 2 saturated carbocycles. The van der Waals surface area contributed by atoms with Crippen LogP contribution in [0.4, 0.5) is 5.82 Å². The fourth-order valence-electron chi connectivity index (χ4n) is 4.77. The number of Topliss-reactive ketones (excluding diaryl/α,β-unsaturated/α-hetero) is 1. The summed E-state index contributed by atoms with van der Waals surface area (Å²) in [5.74, 6) is 0.709. The standard InChI is InChI=1S/C31H35ClN4O3/c1-18(2)10-11-33-16-20-12-27(31(39)36(17-20)24-7-8-24)30(38)35-29-14-22(13-28(34-29)21-4-5-21)25-9-6-23(32)15-26(25)19(3)37/h6,9,12-15,17-18,21,24,33H,4-5,7-8,10-11,16H2,1-3H3,(H,34,35,38). The molecular weight excluding hydrogens is 512 g/mol. The fourth-order valence-corrected chi connectivity index (χ4v) is 4.94. The lowest BCUT2D eigenvalue weighted by atomic mass is 9.97. The van der Waals surface area contributed by atoms with E-state index >= 15 is 0 Å². The molecule has 2 N–H and O–H groups in total. The second-order valence-electron chi connectivity index (χ2n) is 11.2. The van der Waals surface area contributed by atoms with Gasteiger partial charge in [-0.2, -0.15) is 0 Å². The van der Waals surface area contributed by atoms with E-state index < -0.39 is 5.91 Å². The van der Waals surface area contributed by atoms with Gasteiger partial charge in [0.2, 0.25) is 0 Å². The van der Waals surface area contributed by atoms with Gasteiger partial charge in [-0.05, 0) is 98.5 Å². The Morgan fingerprint density at radius 1 is 1.08 bits per heavy atom. The van der Waals surface area contributed by atoms with E-state index in [-0.39, 0.29) is 22.9 Å². The number of halogens is 1. The maximum absolute atomic E-state index is 13.5. The highest BCUT2D eigenvalue weighted by Crippen LogP contribution is 2.41. The zero-order chi connectivity index (χ0) is 27.7. The predicted octanol–water partition coefficient (Wildman–Crippen LogP) is 6.37. The Hall–Kier alpha value is -3.29. The van der Waals surface area contributed by atoms with E-state index in [0.717, 1.165) is 61.0 Å². The van der Waals surface area contributed by atoms with Gasteiger partial charge in [0, 0.05) is 41.0 Å². The number of anilines is 1. The summed E-state index contributed by atoms with van der Waals surface area (Å²) in [5, 5.41) is 6.81. The average Bonchev–Trinajstić information content (AvgIpc) is 3.80. The third-order valence-electron chi connectivity index (χ3n) is 7.27. The summed E-state index contributed by atoms with van der Waals surface area (Å²) >= 11 is 6.17. The second kappa shape index (κ2) is 11.4. The Morgan fingerprint density at radius 2 is 1.85 bits per heavy atom. The summed E-state index contributed by atoms with van der Waals surface area (Å²) in [7, 11) is 0. The van der Waals surface area contributed by atoms with Crippen LogP contribution in [0.1, 0.15) is 96.8 Å². The number of nitrogens with one attached hydrogen (secondary N) is 2. The van der Waals surface area contributed by atoms with E-state index in [0.29, 0.717) is 34.8 Å². The van der Waals surface area contributed by atoms with Crippen molar-refractivity contribution in [1.29, 1.82) is 0 Å². The van der Waals surface area contributed by atoms with E-state index in [9.17, 15) is 14.4 Å². The highest BCUT2D eigenvalue weighted by molar-refractivity contribution is 6.31. The summed E-state index contributed by atoms with van der Waals surface area (Å²) in [6.45, 7) is 7.33. The van der Waals surface area contributed by atoms with Gasteiger partial charge in [0.15, 0.2) is 5.78 Å². The van der Waals surface area contributed by atoms with Crippen molar-refractivity contribution in [2.45, 2.75) is 71.4 Å². The van der Waals surface area contributed by atoms with Gasteiger partial charge in [-0.15, -0.1) is 0 Å². The topological polar surface area (TPSA) is 93.1 Å². The zero-order valence-electron chi connectivity index (χ0n) is 22.7. The lowest BCUT2D eigenvalue weighted by Crippen LogP contribution is -2.30. The SMILES string of the molecule is CC(=O)c1cc(Cl)ccc1-c1cc(NC(=O)c2cc(CNCCC(C)C)cn(C3CC3)c2=O)nc(C2CC2)c1. The fraction of sp³-hybridized carbons (Fsp3) is 0.419. The lowest BCUT2D eigenvalue weighted by Gasteiger charge is -2.14. The predicted molar refractivity (Wildman–Crippen MR) is 155 cm³/mol. The molecule has 2 aliphatic carbocycles. The Balaban J connectivity index is 1.46. The molecule has 39 heavy (non-hydrogen) atoms. The molecule has 1 amide bonds. The van der Waals surface area contributed by atoms with Gasteiger partial charge in [0.05, 0.1) is 0 Å². The quantitative estimate of drug-likeness (QED) is 0.215. The molecule has 0 atom stereocenters. The Kier molecular flexibility index (Phi) is 8.01. The monoisotopic (exact) mass is 546 g/mol. The van der Waals surface area contributed by atoms with E-state index in [1.165, 1.54) is 6.92 Å². The minimum Gasteiger partial charge on any atom is -0.313 e. The molecule has 3 aromatic rings. The Bertz CT molecular complexity index is 1470. The van der Waals surface area contributed by atoms with Gasteiger partial charge in [0.1, 0.15) is 11.4 Å². The first-order chi connectivity index (χ1) is 18.7. The number of rotatable bonds is 11. The Morgan fingerprint density at radius 3 is 2.51 bits per heavy atom. The first-order valence-corrected chi connectivity index (χ1v) is 14.2. The molecule has 0 saturated heterocycles. The van der Waals surface area contributed by atoms with Crippen molar-refractivity contribution in [3.05, 3.63) is 80.4 Å². The number of carbonyl (C=O) groups excluding carboxylic acids is 2. The summed E-state index contributed by atoms with van der Waals surface area (Å²) in [6.07, 6.45) is 6.88. The molecule has 0 bridgehead atoms. The van der Waals surface area contributed by atoms with Crippen molar-refractivity contribution >= 4 is 29.1 Å². The molecule has 8 heteroatoms. The van der Waals surface area contributed by atoms with Crippen molar-refractivity contribution in [3.63, 3.8) is 0 Å². The molecule has 2 aromatic heterocycles. The largest absolute Gasteiger partial charge is 0.313 e. The smallest absolute Gasteiger partial charge is 0.263 e. The van der Waals surface area contributed by atoms with Crippen LogP contribution in [0.2, 0.25) is 5.02 Å². The highest BCUT2D eigenvalue weighted by Gasteiger charge is 2.29. The van der Waals surface area contributed by atoms with Crippen molar-refractivity contribution in [1.82, 2.24) is 14.9 Å². The minimum absolute atomic E-state index is 0.0951. The molecule has 204 valence electrons. The number of hydrogen-bond acceptors (Lipinski definition) is 5. The molecule has 2 fully saturated rings. The van der Waals surface area contributed by atoms with Crippen LogP contribution in [0.25, 0.3) is 11.1 Å². The van der Waals surface area contributed by atoms with Crippen molar-refractivity contribution in [2.24, 2.45) is 5.92 Å². The average molecular weight is 547 g/mol. The van der Waals surface area contributed by atoms with Crippen molar-refractivity contribution in [2.75, 3.05) is 11.9 Å². The number of aromatic nitrogens is 2. The third-order valence-corrected chi connectivity index (χ3v) is 7.50. The molecule has 0 unspecified atom stereocenters. The van der Waals surface area contributed by atoms with Gasteiger partial charge in [0.25, 0.3) is 11.5 Å². The van der Waals surface area contributed by atoms with Gasteiger partial charge < -0.3 is 15.2 Å². The van der Waals surface area contributed by atoms with Crippen LogP contribution in [-0.4, -0.2) is 27.8 Å². The molecule has 7 nitrogen and oxygen atoms in total. The van der Waals surface area contributed by atoms with Crippen molar-refractivity contribution in [3.8, 4) is 11.1 Å². The molecule has 5 rings (SSSR count). The van der Waals surface area contributed by atoms with E-state index in [1.54, 1.807) is 28.8 Å². The zero-order valence-corrected chi connectivity index (χ0v) is 23.5. The molecule has 0 radical (unpaired) electrons. The van der Waals surface area contributed by atoms with Crippen LogP contribution < -0.4 is 16.2 Å². The van der Waals surface area contributed by atoms with Crippen molar-refractivity contribution < 1.29 is 9.59 Å². The maximum atomic E-state index is 13.5. The number of nitrogens with zero attached hydrogens (tertiary/aromatic N) is 2. The second-order valence-corrected chi connectivity index (χ2v) is 11.6. The van der Waals surface area contributed by atoms with Gasteiger partial charge >= 0.3 is 0 Å². The minimum atomic E-state index is -0.479. The summed E-state index contributed by atoms with van der Waals surface area (Å²) < 4.78 is 1.71. The summed E-state index contributed by atoms with van der Waals surface area (Å²) in [6, 6.07) is 10.8. The van der Waals surface area contributed by atoms with Gasteiger partial charge in [-0.25, -0.2) is 4.98 Å². The van der Waals surface area contributed by atoms with Crippen LogP contribution in [0.3, 0.4) is 0 Å². The van der Waals surface area contributed by atoms with Crippen LogP contribution in [0, 0.1) is 5.92 Å². The number of ketones is 1. The molecule has 2 heterocycles. The maximum Gasteiger partial charge on any atom is 0.263 e. The summed E-state index contributed by atoms with van der Waals surface area (Å²) in [5.41, 5.74) is 3.63. The van der Waals surface area contributed by atoms with Crippen LogP contribution >= 0.6 is 11.6 Å². The molecule has 2 aliphatic rings. The van der Waals surface area contributed by atoms with E-state index in [1.807, 2.05) is 18.3 Å². The third kappa shape index (κ3) is 6.65. The lowest BCUT2D eigenvalue weighted by molar-refractivity contribution is 0.101. The van der Waals surface area contributed by atoms with Crippen LogP contribution in [0.5, 0.6) is 0 Å². The first-order valence-electron chi connectivity index (χ1n) is 13.8. The molecule has 0 aliphatic heterocycles. The van der Waals surface area contributed by atoms with Gasteiger partial charge in [-0.3, -0.25) is 14.4 Å². The van der Waals surface area contributed by atoms with Gasteiger partial charge in [-0.1, -0.05) is 31.5 Å². The number of amides is 1. The molecule has 0 spiro atoms. The molecule has 1 aromatic carbocycles. The summed E-state index contributed by atoms with van der Waals surface area (Å²) in [4.78, 5) is 43.9. The molecular formula is C31H35ClN4O3. The van der Waals surface area contributed by atoms with E-state index in [4.69, 9.17) is 16.6 Å². The number of benzene rings is 1. The first kappa shape index (κ1) is 27.3. The van der Waals surface area contributed by atoms with E-state index in [2.05, 4.69) is 24.5 Å². The number of hydrogen-bond donors (Lipinski definition) is 2. The normalized spacial score (nSPS) is 15.0. The number of carbonyl (C=O) groups is 2. The Labute approximate surface area is 234 Å².